The minimum Gasteiger partial charge on any atom is -0.493 e. The van der Waals surface area contributed by atoms with Crippen LogP contribution in [-0.4, -0.2) is 118 Å². The van der Waals surface area contributed by atoms with Gasteiger partial charge in [-0.15, -0.1) is 0 Å². The Kier molecular flexibility index (Phi) is 14.2. The molecule has 1 aliphatic carbocycles. The molecule has 296 valence electrons. The number of aliphatic imine (C=N–C) groups is 1. The van der Waals surface area contributed by atoms with E-state index in [0.29, 0.717) is 80.0 Å². The zero-order chi connectivity index (χ0) is 39.3. The maximum absolute atomic E-state index is 15.0. The summed E-state index contributed by atoms with van der Waals surface area (Å²) in [6.07, 6.45) is 9.64. The van der Waals surface area contributed by atoms with Gasteiger partial charge in [-0.25, -0.2) is 21.6 Å². The molecule has 54 heavy (non-hydrogen) atoms. The summed E-state index contributed by atoms with van der Waals surface area (Å²) < 4.78 is 59.2. The molecule has 16 heteroatoms. The lowest BCUT2D eigenvalue weighted by Crippen LogP contribution is -2.54. The van der Waals surface area contributed by atoms with Crippen molar-refractivity contribution in [1.29, 1.82) is 0 Å². The molecule has 2 heterocycles. The highest BCUT2D eigenvalue weighted by Gasteiger charge is 2.37. The van der Waals surface area contributed by atoms with Crippen molar-refractivity contribution in [1.82, 2.24) is 19.0 Å². The molecule has 2 amide bonds. The number of allylic oxidation sites excluding steroid dienone is 3. The van der Waals surface area contributed by atoms with Crippen LogP contribution in [0.25, 0.3) is 0 Å². The lowest BCUT2D eigenvalue weighted by Gasteiger charge is -2.39. The smallest absolute Gasteiger partial charge is 0.326 e. The van der Waals surface area contributed by atoms with Crippen molar-refractivity contribution in [2.45, 2.75) is 63.4 Å². The van der Waals surface area contributed by atoms with Crippen LogP contribution in [0.1, 0.15) is 57.6 Å². The summed E-state index contributed by atoms with van der Waals surface area (Å²) in [5, 5.41) is 1.20. The number of nitrogens with zero attached hydrogens (tertiary/aromatic N) is 5. The third kappa shape index (κ3) is 10.8. The maximum atomic E-state index is 15.0. The molecule has 5 rings (SSSR count). The van der Waals surface area contributed by atoms with E-state index in [0.717, 1.165) is 18.4 Å². The van der Waals surface area contributed by atoms with Crippen molar-refractivity contribution in [3.8, 4) is 5.75 Å². The van der Waals surface area contributed by atoms with E-state index in [2.05, 4.69) is 4.90 Å². The Balaban J connectivity index is 1.64. The second-order valence-electron chi connectivity index (χ2n) is 14.5. The fraction of sp³-hybridized carbons (Fsp3) is 0.526. The average Bonchev–Trinajstić information content (AvgIpc) is 3.67. The summed E-state index contributed by atoms with van der Waals surface area (Å²) >= 11 is 19.3. The Hall–Kier alpha value is -2.65. The van der Waals surface area contributed by atoms with E-state index in [1.54, 1.807) is 21.9 Å². The number of hydrogen-bond donors (Lipinski definition) is 0. The molecular weight excluding hydrogens is 793 g/mol. The standard InChI is InChI=1S/C38H50Cl3N5O6S2/c1-5-52-34-26-33(41)35(54(50,51)45-18-6-7-19-45)25-32(34)36(42-38(2,3)29-11-15-31(40)16-12-29)46(27-28-9-13-30(39)14-10-28)37(47)44-22-20-43(21-23-44)17-8-24-53(4,48)49/h9-11,13-16,25-26,29H,5-8,12,17-24,27H2,1-4H3. The molecule has 0 radical (unpaired) electrons. The Morgan fingerprint density at radius 3 is 2.24 bits per heavy atom. The van der Waals surface area contributed by atoms with E-state index < -0.39 is 25.4 Å². The second kappa shape index (κ2) is 18.1. The van der Waals surface area contributed by atoms with Gasteiger partial charge >= 0.3 is 6.03 Å². The molecule has 0 spiro atoms. The summed E-state index contributed by atoms with van der Waals surface area (Å²) in [4.78, 5) is 25.8. The van der Waals surface area contributed by atoms with Gasteiger partial charge in [0.1, 0.15) is 26.3 Å². The van der Waals surface area contributed by atoms with Crippen molar-refractivity contribution < 1.29 is 26.4 Å². The van der Waals surface area contributed by atoms with E-state index >= 15 is 0 Å². The van der Waals surface area contributed by atoms with Crippen LogP contribution in [0.2, 0.25) is 10.0 Å². The Bertz CT molecular complexity index is 1970. The van der Waals surface area contributed by atoms with E-state index in [-0.39, 0.29) is 46.6 Å². The Morgan fingerprint density at radius 1 is 0.981 bits per heavy atom. The van der Waals surface area contributed by atoms with Gasteiger partial charge in [-0.05, 0) is 82.8 Å². The normalized spacial score (nSPS) is 19.2. The molecule has 11 nitrogen and oxygen atoms in total. The maximum Gasteiger partial charge on any atom is 0.326 e. The topological polar surface area (TPSA) is 120 Å². The van der Waals surface area contributed by atoms with Gasteiger partial charge in [-0.2, -0.15) is 4.31 Å². The highest BCUT2D eigenvalue weighted by atomic mass is 35.5. The number of carbonyl (C=O) groups excluding carboxylic acids is 1. The summed E-state index contributed by atoms with van der Waals surface area (Å²) in [5.74, 6) is 0.536. The molecule has 0 saturated carbocycles. The van der Waals surface area contributed by atoms with Crippen molar-refractivity contribution in [2.24, 2.45) is 10.9 Å². The fourth-order valence-corrected chi connectivity index (χ4v) is 9.86. The number of amidine groups is 1. The molecule has 2 aliphatic heterocycles. The number of rotatable bonds is 13. The number of ether oxygens (including phenoxy) is 1. The minimum atomic E-state index is -4.00. The van der Waals surface area contributed by atoms with Crippen LogP contribution in [-0.2, 0) is 26.4 Å². The predicted octanol–water partition coefficient (Wildman–Crippen LogP) is 7.08. The van der Waals surface area contributed by atoms with Crippen molar-refractivity contribution in [3.05, 3.63) is 80.8 Å². The zero-order valence-corrected chi connectivity index (χ0v) is 35.2. The fourth-order valence-electron chi connectivity index (χ4n) is 6.88. The molecule has 2 saturated heterocycles. The van der Waals surface area contributed by atoms with E-state index in [1.807, 2.05) is 51.1 Å². The number of hydrogen-bond acceptors (Lipinski definition) is 8. The molecular formula is C38H50Cl3N5O6S2. The summed E-state index contributed by atoms with van der Waals surface area (Å²) in [6, 6.07) is 9.89. The number of sulfonamides is 1. The molecule has 2 aromatic rings. The number of amides is 2. The van der Waals surface area contributed by atoms with Gasteiger partial charge in [-0.3, -0.25) is 14.8 Å². The second-order valence-corrected chi connectivity index (χ2v) is 20.0. The predicted molar refractivity (Wildman–Crippen MR) is 217 cm³/mol. The molecule has 0 N–H and O–H groups in total. The number of benzene rings is 2. The number of piperazine rings is 1. The third-order valence-corrected chi connectivity index (χ3v) is 13.9. The molecule has 3 aliphatic rings. The van der Waals surface area contributed by atoms with Crippen molar-refractivity contribution in [3.63, 3.8) is 0 Å². The van der Waals surface area contributed by atoms with Crippen LogP contribution in [0.4, 0.5) is 4.79 Å². The first kappa shape index (κ1) is 42.5. The summed E-state index contributed by atoms with van der Waals surface area (Å²) in [6.45, 7) is 9.42. The van der Waals surface area contributed by atoms with Gasteiger partial charge in [0, 0.05) is 67.6 Å². The molecule has 0 bridgehead atoms. The third-order valence-electron chi connectivity index (χ3n) is 9.99. The SMILES string of the molecule is CCOc1cc(Cl)c(S(=O)(=O)N2CCCC2)cc1C(=NC(C)(C)C1C=CC(Cl)=CC1)N(Cc1ccc(Cl)cc1)C(=O)N1CCN(CCCS(C)(=O)=O)CC1. The number of halogens is 3. The van der Waals surface area contributed by atoms with Gasteiger partial charge < -0.3 is 9.64 Å². The van der Waals surface area contributed by atoms with Crippen LogP contribution in [0.5, 0.6) is 5.75 Å². The van der Waals surface area contributed by atoms with Crippen LogP contribution in [0, 0.1) is 5.92 Å². The van der Waals surface area contributed by atoms with Crippen LogP contribution in [0.15, 0.2) is 69.5 Å². The van der Waals surface area contributed by atoms with E-state index in [4.69, 9.17) is 44.5 Å². The summed E-state index contributed by atoms with van der Waals surface area (Å²) in [5.41, 5.74) is 0.289. The van der Waals surface area contributed by atoms with Gasteiger partial charge in [-0.1, -0.05) is 59.1 Å². The number of carbonyl (C=O) groups is 1. The van der Waals surface area contributed by atoms with Gasteiger partial charge in [0.05, 0.1) is 35.0 Å². The lowest BCUT2D eigenvalue weighted by molar-refractivity contribution is 0.125. The first-order chi connectivity index (χ1) is 25.5. The zero-order valence-electron chi connectivity index (χ0n) is 31.3. The first-order valence-electron chi connectivity index (χ1n) is 18.3. The molecule has 1 unspecified atom stereocenters. The van der Waals surface area contributed by atoms with Crippen LogP contribution in [0.3, 0.4) is 0 Å². The Labute approximate surface area is 335 Å². The van der Waals surface area contributed by atoms with Crippen molar-refractivity contribution >= 4 is 66.5 Å². The average molecular weight is 843 g/mol. The van der Waals surface area contributed by atoms with Crippen LogP contribution < -0.4 is 4.74 Å². The lowest BCUT2D eigenvalue weighted by atomic mass is 9.83. The monoisotopic (exact) mass is 841 g/mol. The molecule has 2 fully saturated rings. The molecule has 2 aromatic carbocycles. The highest BCUT2D eigenvalue weighted by molar-refractivity contribution is 7.90. The summed E-state index contributed by atoms with van der Waals surface area (Å²) in [7, 11) is -7.07. The Morgan fingerprint density at radius 2 is 1.65 bits per heavy atom. The van der Waals surface area contributed by atoms with Crippen LogP contribution >= 0.6 is 34.8 Å². The highest BCUT2D eigenvalue weighted by Crippen LogP contribution is 2.37. The minimum absolute atomic E-state index is 0.0188. The quantitative estimate of drug-likeness (QED) is 0.156. The first-order valence-corrected chi connectivity index (χ1v) is 22.9. The largest absolute Gasteiger partial charge is 0.493 e. The van der Waals surface area contributed by atoms with E-state index in [9.17, 15) is 21.6 Å². The van der Waals surface area contributed by atoms with Gasteiger partial charge in [0.15, 0.2) is 0 Å². The van der Waals surface area contributed by atoms with Gasteiger partial charge in [0.25, 0.3) is 0 Å². The molecule has 0 aromatic heterocycles. The van der Waals surface area contributed by atoms with E-state index in [1.165, 1.54) is 22.7 Å². The number of sulfone groups is 1. The van der Waals surface area contributed by atoms with Crippen molar-refractivity contribution in [2.75, 3.05) is 64.4 Å². The van der Waals surface area contributed by atoms with Gasteiger partial charge in [0.2, 0.25) is 10.0 Å². The number of urea groups is 1. The molecule has 1 atom stereocenters.